The fourth-order valence-electron chi connectivity index (χ4n) is 3.27. The van der Waals surface area contributed by atoms with Crippen molar-refractivity contribution < 1.29 is 17.9 Å². The van der Waals surface area contributed by atoms with Gasteiger partial charge in [0.25, 0.3) is 0 Å². The number of anilines is 1. The number of benzene rings is 3. The van der Waals surface area contributed by atoms with Crippen molar-refractivity contribution >= 4 is 33.2 Å². The summed E-state index contributed by atoms with van der Waals surface area (Å²) in [6.07, 6.45) is 1.07. The Hall–Kier alpha value is -2.87. The van der Waals surface area contributed by atoms with Gasteiger partial charge in [0.05, 0.1) is 16.5 Å². The van der Waals surface area contributed by atoms with E-state index in [-0.39, 0.29) is 16.3 Å². The molecule has 0 aliphatic carbocycles. The zero-order valence-corrected chi connectivity index (χ0v) is 20.1. The molecule has 0 aromatic heterocycles. The Morgan fingerprint density at radius 2 is 1.67 bits per heavy atom. The lowest BCUT2D eigenvalue weighted by molar-refractivity contribution is -0.117. The van der Waals surface area contributed by atoms with Crippen LogP contribution in [0.3, 0.4) is 0 Å². The van der Waals surface area contributed by atoms with E-state index in [1.165, 1.54) is 18.2 Å². The van der Waals surface area contributed by atoms with Gasteiger partial charge in [-0.2, -0.15) is 4.72 Å². The van der Waals surface area contributed by atoms with Crippen LogP contribution in [0.15, 0.2) is 77.7 Å². The first-order valence-corrected chi connectivity index (χ1v) is 12.6. The van der Waals surface area contributed by atoms with Crippen molar-refractivity contribution in [2.75, 3.05) is 11.9 Å². The zero-order chi connectivity index (χ0) is 23.8. The molecule has 6 nitrogen and oxygen atoms in total. The Bertz CT molecular complexity index is 1180. The maximum atomic E-state index is 13.1. The summed E-state index contributed by atoms with van der Waals surface area (Å²) in [4.78, 5) is 13.1. The van der Waals surface area contributed by atoms with E-state index in [4.69, 9.17) is 16.3 Å². The third-order valence-electron chi connectivity index (χ3n) is 5.04. The summed E-state index contributed by atoms with van der Waals surface area (Å²) in [6.45, 7) is 4.26. The summed E-state index contributed by atoms with van der Waals surface area (Å²) in [7, 11) is -4.03. The van der Waals surface area contributed by atoms with Gasteiger partial charge in [-0.25, -0.2) is 8.42 Å². The van der Waals surface area contributed by atoms with Gasteiger partial charge in [-0.3, -0.25) is 4.79 Å². The van der Waals surface area contributed by atoms with E-state index in [0.29, 0.717) is 18.0 Å². The molecule has 0 radical (unpaired) electrons. The molecule has 2 N–H and O–H groups in total. The summed E-state index contributed by atoms with van der Waals surface area (Å²) < 4.78 is 34.1. The predicted molar refractivity (Wildman–Crippen MR) is 131 cm³/mol. The van der Waals surface area contributed by atoms with Crippen molar-refractivity contribution in [1.29, 1.82) is 0 Å². The molecule has 1 atom stereocenters. The summed E-state index contributed by atoms with van der Waals surface area (Å²) in [5.74, 6) is -0.0593. The van der Waals surface area contributed by atoms with Crippen LogP contribution < -0.4 is 14.8 Å². The number of carbonyl (C=O) groups excluding carboxylic acids is 1. The van der Waals surface area contributed by atoms with Crippen LogP contribution in [0.1, 0.15) is 25.0 Å². The highest BCUT2D eigenvalue weighted by atomic mass is 35.5. The van der Waals surface area contributed by atoms with Gasteiger partial charge in [-0.15, -0.1) is 0 Å². The second-order valence-corrected chi connectivity index (χ2v) is 9.55. The Labute approximate surface area is 200 Å². The SMILES string of the molecule is CCOc1ccc(S(=O)(=O)N[C@@H](Cc2ccccc2)C(=O)Nc2ccc(CC)cc2)cc1Cl. The summed E-state index contributed by atoms with van der Waals surface area (Å²) in [5.41, 5.74) is 2.56. The highest BCUT2D eigenvalue weighted by molar-refractivity contribution is 7.89. The van der Waals surface area contributed by atoms with Crippen molar-refractivity contribution in [3.8, 4) is 5.75 Å². The van der Waals surface area contributed by atoms with Crippen molar-refractivity contribution in [2.24, 2.45) is 0 Å². The number of rotatable bonds is 10. The molecule has 3 aromatic carbocycles. The molecule has 0 aliphatic rings. The number of ether oxygens (including phenoxy) is 1. The molecule has 0 saturated heterocycles. The van der Waals surface area contributed by atoms with Crippen molar-refractivity contribution in [1.82, 2.24) is 4.72 Å². The zero-order valence-electron chi connectivity index (χ0n) is 18.5. The van der Waals surface area contributed by atoms with E-state index in [9.17, 15) is 13.2 Å². The first-order valence-electron chi connectivity index (χ1n) is 10.7. The molecular weight excluding hydrogens is 460 g/mol. The lowest BCUT2D eigenvalue weighted by atomic mass is 10.1. The number of nitrogens with one attached hydrogen (secondary N) is 2. The van der Waals surface area contributed by atoms with Crippen LogP contribution in [0.2, 0.25) is 5.02 Å². The topological polar surface area (TPSA) is 84.5 Å². The minimum Gasteiger partial charge on any atom is -0.492 e. The fourth-order valence-corrected chi connectivity index (χ4v) is 4.79. The number of sulfonamides is 1. The molecule has 3 aromatic rings. The number of amides is 1. The molecule has 8 heteroatoms. The molecule has 1 amide bonds. The molecule has 0 saturated carbocycles. The third-order valence-corrected chi connectivity index (χ3v) is 6.80. The lowest BCUT2D eigenvalue weighted by Crippen LogP contribution is -2.45. The molecule has 33 heavy (non-hydrogen) atoms. The first-order chi connectivity index (χ1) is 15.8. The molecule has 0 aliphatic heterocycles. The number of hydrogen-bond donors (Lipinski definition) is 2. The minimum atomic E-state index is -4.03. The molecule has 174 valence electrons. The molecule has 0 bridgehead atoms. The minimum absolute atomic E-state index is 0.0471. The van der Waals surface area contributed by atoms with E-state index >= 15 is 0 Å². The largest absolute Gasteiger partial charge is 0.492 e. The third kappa shape index (κ3) is 6.81. The van der Waals surface area contributed by atoms with Gasteiger partial charge in [-0.1, -0.05) is 61.0 Å². The van der Waals surface area contributed by atoms with Crippen LogP contribution in [-0.2, 0) is 27.7 Å². The summed E-state index contributed by atoms with van der Waals surface area (Å²) in [5, 5.41) is 2.99. The maximum Gasteiger partial charge on any atom is 0.242 e. The van der Waals surface area contributed by atoms with Crippen LogP contribution in [0, 0.1) is 0 Å². The highest BCUT2D eigenvalue weighted by Crippen LogP contribution is 2.27. The molecule has 3 rings (SSSR count). The van der Waals surface area contributed by atoms with E-state index < -0.39 is 22.0 Å². The van der Waals surface area contributed by atoms with Crippen LogP contribution in [0.5, 0.6) is 5.75 Å². The van der Waals surface area contributed by atoms with Gasteiger partial charge in [-0.05, 0) is 61.2 Å². The molecular formula is C25H27ClN2O4S. The normalized spacial score (nSPS) is 12.2. The van der Waals surface area contributed by atoms with Crippen LogP contribution in [0.25, 0.3) is 0 Å². The van der Waals surface area contributed by atoms with Gasteiger partial charge in [0.1, 0.15) is 11.8 Å². The quantitative estimate of drug-likeness (QED) is 0.430. The van der Waals surface area contributed by atoms with Gasteiger partial charge >= 0.3 is 0 Å². The predicted octanol–water partition coefficient (Wildman–Crippen LogP) is 4.83. The van der Waals surface area contributed by atoms with E-state index in [2.05, 4.69) is 10.0 Å². The number of hydrogen-bond acceptors (Lipinski definition) is 4. The monoisotopic (exact) mass is 486 g/mol. The average Bonchev–Trinajstić information content (AvgIpc) is 2.81. The number of aryl methyl sites for hydroxylation is 1. The van der Waals surface area contributed by atoms with Crippen molar-refractivity contribution in [2.45, 2.75) is 37.6 Å². The van der Waals surface area contributed by atoms with Gasteiger partial charge in [0.15, 0.2) is 0 Å². The smallest absolute Gasteiger partial charge is 0.242 e. The Kier molecular flexibility index (Phi) is 8.49. The van der Waals surface area contributed by atoms with Gasteiger partial charge in [0.2, 0.25) is 15.9 Å². The van der Waals surface area contributed by atoms with Gasteiger partial charge in [0, 0.05) is 5.69 Å². The summed E-state index contributed by atoms with van der Waals surface area (Å²) >= 11 is 6.18. The van der Waals surface area contributed by atoms with E-state index in [1.54, 1.807) is 12.1 Å². The van der Waals surface area contributed by atoms with Crippen molar-refractivity contribution in [3.63, 3.8) is 0 Å². The van der Waals surface area contributed by atoms with Crippen LogP contribution >= 0.6 is 11.6 Å². The second kappa shape index (κ2) is 11.3. The van der Waals surface area contributed by atoms with Crippen molar-refractivity contribution in [3.05, 3.63) is 88.9 Å². The number of halogens is 1. The Morgan fingerprint density at radius 3 is 2.27 bits per heavy atom. The first kappa shape index (κ1) is 24.8. The lowest BCUT2D eigenvalue weighted by Gasteiger charge is -2.19. The fraction of sp³-hybridized carbons (Fsp3) is 0.240. The number of carbonyl (C=O) groups is 1. The highest BCUT2D eigenvalue weighted by Gasteiger charge is 2.27. The van der Waals surface area contributed by atoms with E-state index in [0.717, 1.165) is 17.5 Å². The molecule has 0 fully saturated rings. The Balaban J connectivity index is 1.85. The van der Waals surface area contributed by atoms with Crippen LogP contribution in [-0.4, -0.2) is 27.0 Å². The summed E-state index contributed by atoms with van der Waals surface area (Å²) in [6, 6.07) is 19.9. The molecule has 0 heterocycles. The van der Waals surface area contributed by atoms with Crippen LogP contribution in [0.4, 0.5) is 5.69 Å². The average molecular weight is 487 g/mol. The Morgan fingerprint density at radius 1 is 0.970 bits per heavy atom. The van der Waals surface area contributed by atoms with E-state index in [1.807, 2.05) is 56.3 Å². The molecule has 0 spiro atoms. The second-order valence-electron chi connectivity index (χ2n) is 7.43. The molecule has 0 unspecified atom stereocenters. The standard InChI is InChI=1S/C25H27ClN2O4S/c1-3-18-10-12-20(13-11-18)27-25(29)23(16-19-8-6-5-7-9-19)28-33(30,31)21-14-15-24(32-4-2)22(26)17-21/h5-15,17,23,28H,3-4,16H2,1-2H3,(H,27,29)/t23-/m0/s1. The van der Waals surface area contributed by atoms with Gasteiger partial charge < -0.3 is 10.1 Å². The maximum absolute atomic E-state index is 13.1.